The summed E-state index contributed by atoms with van der Waals surface area (Å²) in [5.41, 5.74) is 0.579. The van der Waals surface area contributed by atoms with Crippen molar-refractivity contribution in [1.82, 2.24) is 15.5 Å². The number of rotatable bonds is 9. The van der Waals surface area contributed by atoms with Crippen LogP contribution in [0.25, 0.3) is 0 Å². The van der Waals surface area contributed by atoms with Crippen molar-refractivity contribution in [2.75, 3.05) is 33.4 Å². The standard InChI is InChI=1S/C21H21N3O6/c1-29-16-8-4-5-9-17(16)30-13-19(26)23-11-10-22-18(25)12-24-20(27)14-6-2-3-7-15(14)21(24)28/h2-9H,10-13H2,1H3,(H,22,25)(H,23,26). The molecule has 156 valence electrons. The van der Waals surface area contributed by atoms with E-state index in [1.54, 1.807) is 48.5 Å². The van der Waals surface area contributed by atoms with Crippen LogP contribution in [0.2, 0.25) is 0 Å². The van der Waals surface area contributed by atoms with E-state index in [-0.39, 0.29) is 43.3 Å². The van der Waals surface area contributed by atoms with Gasteiger partial charge in [0.05, 0.1) is 18.2 Å². The van der Waals surface area contributed by atoms with E-state index in [2.05, 4.69) is 10.6 Å². The van der Waals surface area contributed by atoms with Crippen molar-refractivity contribution < 1.29 is 28.7 Å². The fourth-order valence-electron chi connectivity index (χ4n) is 2.92. The summed E-state index contributed by atoms with van der Waals surface area (Å²) in [5, 5.41) is 5.17. The largest absolute Gasteiger partial charge is 0.493 e. The third-order valence-corrected chi connectivity index (χ3v) is 4.38. The average Bonchev–Trinajstić information content (AvgIpc) is 3.00. The Morgan fingerprint density at radius 1 is 0.833 bits per heavy atom. The first-order valence-electron chi connectivity index (χ1n) is 9.25. The Morgan fingerprint density at radius 3 is 1.97 bits per heavy atom. The summed E-state index contributed by atoms with van der Waals surface area (Å²) in [7, 11) is 1.51. The molecule has 9 nitrogen and oxygen atoms in total. The van der Waals surface area contributed by atoms with Crippen LogP contribution in [0.5, 0.6) is 11.5 Å². The van der Waals surface area contributed by atoms with Gasteiger partial charge in [-0.2, -0.15) is 0 Å². The minimum atomic E-state index is -0.496. The van der Waals surface area contributed by atoms with E-state index >= 15 is 0 Å². The Bertz CT molecular complexity index is 940. The molecular formula is C21H21N3O6. The van der Waals surface area contributed by atoms with Crippen molar-refractivity contribution in [2.24, 2.45) is 0 Å². The van der Waals surface area contributed by atoms with Crippen LogP contribution >= 0.6 is 0 Å². The highest BCUT2D eigenvalue weighted by atomic mass is 16.5. The minimum Gasteiger partial charge on any atom is -0.493 e. The van der Waals surface area contributed by atoms with Crippen molar-refractivity contribution in [1.29, 1.82) is 0 Å². The molecule has 0 radical (unpaired) electrons. The van der Waals surface area contributed by atoms with Gasteiger partial charge in [-0.25, -0.2) is 0 Å². The number of carbonyl (C=O) groups excluding carboxylic acids is 4. The molecule has 1 aliphatic heterocycles. The maximum atomic E-state index is 12.2. The molecule has 2 aromatic rings. The van der Waals surface area contributed by atoms with E-state index in [4.69, 9.17) is 9.47 Å². The Balaban J connectivity index is 1.37. The summed E-state index contributed by atoms with van der Waals surface area (Å²) < 4.78 is 10.5. The number of ether oxygens (including phenoxy) is 2. The molecule has 4 amide bonds. The highest BCUT2D eigenvalue weighted by molar-refractivity contribution is 6.22. The molecule has 0 fully saturated rings. The highest BCUT2D eigenvalue weighted by Crippen LogP contribution is 2.25. The van der Waals surface area contributed by atoms with E-state index in [0.29, 0.717) is 11.5 Å². The van der Waals surface area contributed by atoms with Gasteiger partial charge in [0.2, 0.25) is 5.91 Å². The fourth-order valence-corrected chi connectivity index (χ4v) is 2.92. The van der Waals surface area contributed by atoms with E-state index in [1.807, 2.05) is 0 Å². The monoisotopic (exact) mass is 411 g/mol. The third kappa shape index (κ3) is 4.75. The molecule has 3 rings (SSSR count). The zero-order chi connectivity index (χ0) is 21.5. The predicted octanol–water partition coefficient (Wildman–Crippen LogP) is 0.603. The summed E-state index contributed by atoms with van der Waals surface area (Å²) in [5.74, 6) is -0.880. The van der Waals surface area contributed by atoms with Crippen LogP contribution in [-0.4, -0.2) is 61.9 Å². The van der Waals surface area contributed by atoms with E-state index in [1.165, 1.54) is 7.11 Å². The van der Waals surface area contributed by atoms with Gasteiger partial charge >= 0.3 is 0 Å². The van der Waals surface area contributed by atoms with Gasteiger partial charge in [0.25, 0.3) is 17.7 Å². The lowest BCUT2D eigenvalue weighted by Crippen LogP contribution is -2.43. The van der Waals surface area contributed by atoms with Gasteiger partial charge in [-0.15, -0.1) is 0 Å². The van der Waals surface area contributed by atoms with Crippen LogP contribution in [0, 0.1) is 0 Å². The lowest BCUT2D eigenvalue weighted by Gasteiger charge is -2.14. The second-order valence-corrected chi connectivity index (χ2v) is 6.38. The topological polar surface area (TPSA) is 114 Å². The van der Waals surface area contributed by atoms with Crippen LogP contribution in [0.3, 0.4) is 0 Å². The SMILES string of the molecule is COc1ccccc1OCC(=O)NCCNC(=O)CN1C(=O)c2ccccc2C1=O. The van der Waals surface area contributed by atoms with Gasteiger partial charge in [-0.3, -0.25) is 24.1 Å². The van der Waals surface area contributed by atoms with Crippen LogP contribution in [0.4, 0.5) is 0 Å². The molecule has 0 unspecified atom stereocenters. The second kappa shape index (κ2) is 9.55. The van der Waals surface area contributed by atoms with Crippen molar-refractivity contribution in [3.8, 4) is 11.5 Å². The maximum absolute atomic E-state index is 12.2. The number of imide groups is 1. The Morgan fingerprint density at radius 2 is 1.37 bits per heavy atom. The molecule has 30 heavy (non-hydrogen) atoms. The van der Waals surface area contributed by atoms with Crippen LogP contribution < -0.4 is 20.1 Å². The maximum Gasteiger partial charge on any atom is 0.262 e. The minimum absolute atomic E-state index is 0.141. The molecular weight excluding hydrogens is 390 g/mol. The first kappa shape index (κ1) is 20.8. The summed E-state index contributed by atoms with van der Waals surface area (Å²) in [4.78, 5) is 49.3. The van der Waals surface area contributed by atoms with Gasteiger partial charge in [-0.1, -0.05) is 24.3 Å². The van der Waals surface area contributed by atoms with Crippen molar-refractivity contribution >= 4 is 23.6 Å². The molecule has 0 aromatic heterocycles. The zero-order valence-electron chi connectivity index (χ0n) is 16.3. The number of nitrogens with zero attached hydrogens (tertiary/aromatic N) is 1. The van der Waals surface area contributed by atoms with Gasteiger partial charge in [-0.05, 0) is 24.3 Å². The second-order valence-electron chi connectivity index (χ2n) is 6.38. The molecule has 0 saturated carbocycles. The molecule has 2 N–H and O–H groups in total. The predicted molar refractivity (Wildman–Crippen MR) is 106 cm³/mol. The Labute approximate surface area is 172 Å². The first-order chi connectivity index (χ1) is 14.5. The normalized spacial score (nSPS) is 12.4. The number of nitrogens with one attached hydrogen (secondary N) is 2. The molecule has 9 heteroatoms. The molecule has 0 bridgehead atoms. The number of hydrogen-bond acceptors (Lipinski definition) is 6. The summed E-state index contributed by atoms with van der Waals surface area (Å²) in [6.45, 7) is -0.273. The Hall–Kier alpha value is -3.88. The highest BCUT2D eigenvalue weighted by Gasteiger charge is 2.36. The molecule has 2 aromatic carbocycles. The average molecular weight is 411 g/mol. The smallest absolute Gasteiger partial charge is 0.262 e. The molecule has 0 saturated heterocycles. The van der Waals surface area contributed by atoms with Crippen molar-refractivity contribution in [3.05, 3.63) is 59.7 Å². The van der Waals surface area contributed by atoms with E-state index in [0.717, 1.165) is 4.90 Å². The van der Waals surface area contributed by atoms with Crippen LogP contribution in [0.1, 0.15) is 20.7 Å². The van der Waals surface area contributed by atoms with Gasteiger partial charge in [0.15, 0.2) is 18.1 Å². The van der Waals surface area contributed by atoms with E-state index in [9.17, 15) is 19.2 Å². The summed E-state index contributed by atoms with van der Waals surface area (Å²) in [6, 6.07) is 13.4. The van der Waals surface area contributed by atoms with Crippen molar-refractivity contribution in [3.63, 3.8) is 0 Å². The number of benzene rings is 2. The summed E-state index contributed by atoms with van der Waals surface area (Å²) >= 11 is 0. The van der Waals surface area contributed by atoms with Gasteiger partial charge < -0.3 is 20.1 Å². The van der Waals surface area contributed by atoms with Gasteiger partial charge in [0, 0.05) is 13.1 Å². The lowest BCUT2D eigenvalue weighted by molar-refractivity contribution is -0.124. The lowest BCUT2D eigenvalue weighted by atomic mass is 10.1. The number of amides is 4. The molecule has 0 atom stereocenters. The van der Waals surface area contributed by atoms with Gasteiger partial charge in [0.1, 0.15) is 6.54 Å². The Kier molecular flexibility index (Phi) is 6.63. The molecule has 1 heterocycles. The number of hydrogen-bond donors (Lipinski definition) is 2. The number of methoxy groups -OCH3 is 1. The molecule has 1 aliphatic rings. The number of fused-ring (bicyclic) bond motifs is 1. The van der Waals surface area contributed by atoms with E-state index < -0.39 is 17.7 Å². The van der Waals surface area contributed by atoms with Crippen LogP contribution in [-0.2, 0) is 9.59 Å². The first-order valence-corrected chi connectivity index (χ1v) is 9.25. The third-order valence-electron chi connectivity index (χ3n) is 4.38. The summed E-state index contributed by atoms with van der Waals surface area (Å²) in [6.07, 6.45) is 0. The van der Waals surface area contributed by atoms with Crippen LogP contribution in [0.15, 0.2) is 48.5 Å². The van der Waals surface area contributed by atoms with Crippen molar-refractivity contribution in [2.45, 2.75) is 0 Å². The number of carbonyl (C=O) groups is 4. The molecule has 0 spiro atoms. The zero-order valence-corrected chi connectivity index (χ0v) is 16.3. The number of para-hydroxylation sites is 2. The quantitative estimate of drug-likeness (QED) is 0.462. The fraction of sp³-hybridized carbons (Fsp3) is 0.238. The molecule has 0 aliphatic carbocycles.